The molecule has 0 fully saturated rings. The lowest BCUT2D eigenvalue weighted by atomic mass is 10.1. The number of aromatic hydroxyl groups is 2. The van der Waals surface area contributed by atoms with Crippen LogP contribution in [-0.2, 0) is 0 Å². The fourth-order valence-corrected chi connectivity index (χ4v) is 1.45. The topological polar surface area (TPSA) is 111 Å². The summed E-state index contributed by atoms with van der Waals surface area (Å²) in [5.41, 5.74) is 3.29. The molecule has 7 heteroatoms. The Balaban J connectivity index is 2.15. The van der Waals surface area contributed by atoms with Crippen LogP contribution in [0, 0.1) is 0 Å². The number of nitrogens with zero attached hydrogens (tertiary/aromatic N) is 2. The SMILES string of the molecule is C/C(=N/NC(=O)c1ccn[nH]1)c1cc(O)ccc1O. The summed E-state index contributed by atoms with van der Waals surface area (Å²) in [6.45, 7) is 1.60. The molecule has 0 aliphatic rings. The molecule has 4 N–H and O–H groups in total. The average molecular weight is 260 g/mol. The van der Waals surface area contributed by atoms with E-state index in [0.29, 0.717) is 11.3 Å². The molecular formula is C12H12N4O3. The van der Waals surface area contributed by atoms with E-state index < -0.39 is 5.91 Å². The number of amides is 1. The molecule has 0 saturated heterocycles. The fourth-order valence-electron chi connectivity index (χ4n) is 1.45. The van der Waals surface area contributed by atoms with E-state index in [1.54, 1.807) is 6.92 Å². The number of phenols is 2. The molecule has 0 bridgehead atoms. The van der Waals surface area contributed by atoms with Gasteiger partial charge in [-0.25, -0.2) is 5.43 Å². The summed E-state index contributed by atoms with van der Waals surface area (Å²) in [7, 11) is 0. The van der Waals surface area contributed by atoms with Gasteiger partial charge >= 0.3 is 0 Å². The second kappa shape index (κ2) is 5.21. The maximum atomic E-state index is 11.6. The Kier molecular flexibility index (Phi) is 3.46. The van der Waals surface area contributed by atoms with Crippen molar-refractivity contribution >= 4 is 11.6 Å². The molecule has 7 nitrogen and oxygen atoms in total. The van der Waals surface area contributed by atoms with Crippen LogP contribution in [0.25, 0.3) is 0 Å². The van der Waals surface area contributed by atoms with E-state index in [9.17, 15) is 15.0 Å². The maximum Gasteiger partial charge on any atom is 0.289 e. The first-order valence-electron chi connectivity index (χ1n) is 5.44. The first kappa shape index (κ1) is 12.6. The van der Waals surface area contributed by atoms with Gasteiger partial charge in [-0.05, 0) is 31.2 Å². The first-order chi connectivity index (χ1) is 9.08. The molecule has 19 heavy (non-hydrogen) atoms. The van der Waals surface area contributed by atoms with E-state index in [1.807, 2.05) is 0 Å². The van der Waals surface area contributed by atoms with Gasteiger partial charge in [-0.1, -0.05) is 0 Å². The molecule has 0 radical (unpaired) electrons. The zero-order valence-corrected chi connectivity index (χ0v) is 10.1. The Bertz CT molecular complexity index is 620. The highest BCUT2D eigenvalue weighted by Crippen LogP contribution is 2.22. The predicted molar refractivity (Wildman–Crippen MR) is 68.0 cm³/mol. The highest BCUT2D eigenvalue weighted by atomic mass is 16.3. The number of hydrogen-bond acceptors (Lipinski definition) is 5. The van der Waals surface area contributed by atoms with Crippen LogP contribution in [0.15, 0.2) is 35.6 Å². The lowest BCUT2D eigenvalue weighted by molar-refractivity contribution is 0.0950. The van der Waals surface area contributed by atoms with Crippen molar-refractivity contribution in [2.45, 2.75) is 6.92 Å². The fraction of sp³-hybridized carbons (Fsp3) is 0.0833. The summed E-state index contributed by atoms with van der Waals surface area (Å²) in [4.78, 5) is 11.6. The van der Waals surface area contributed by atoms with Crippen LogP contribution in [0.4, 0.5) is 0 Å². The van der Waals surface area contributed by atoms with E-state index in [2.05, 4.69) is 20.7 Å². The molecule has 1 amide bonds. The molecule has 2 aromatic rings. The molecule has 1 aromatic heterocycles. The Morgan fingerprint density at radius 2 is 2.16 bits per heavy atom. The quantitative estimate of drug-likeness (QED) is 0.374. The molecule has 2 rings (SSSR count). The highest BCUT2D eigenvalue weighted by Gasteiger charge is 2.08. The average Bonchev–Trinajstić information content (AvgIpc) is 2.92. The summed E-state index contributed by atoms with van der Waals surface area (Å²) in [5.74, 6) is -0.478. The van der Waals surface area contributed by atoms with Crippen molar-refractivity contribution in [1.29, 1.82) is 0 Å². The van der Waals surface area contributed by atoms with Crippen LogP contribution in [-0.4, -0.2) is 32.0 Å². The Morgan fingerprint density at radius 1 is 1.37 bits per heavy atom. The predicted octanol–water partition coefficient (Wildman–Crippen LogP) is 0.975. The number of nitrogens with one attached hydrogen (secondary N) is 2. The molecule has 0 saturated carbocycles. The van der Waals surface area contributed by atoms with Crippen LogP contribution in [0.1, 0.15) is 23.0 Å². The van der Waals surface area contributed by atoms with Gasteiger partial charge in [0.05, 0.1) is 5.71 Å². The van der Waals surface area contributed by atoms with Crippen molar-refractivity contribution in [3.05, 3.63) is 41.7 Å². The number of aromatic nitrogens is 2. The van der Waals surface area contributed by atoms with Gasteiger partial charge in [-0.2, -0.15) is 10.2 Å². The number of H-pyrrole nitrogens is 1. The third kappa shape index (κ3) is 2.89. The minimum Gasteiger partial charge on any atom is -0.508 e. The Hall–Kier alpha value is -2.83. The summed E-state index contributed by atoms with van der Waals surface area (Å²) in [6, 6.07) is 5.57. The van der Waals surface area contributed by atoms with Gasteiger partial charge in [-0.15, -0.1) is 0 Å². The van der Waals surface area contributed by atoms with Gasteiger partial charge in [0.1, 0.15) is 17.2 Å². The van der Waals surface area contributed by atoms with Crippen molar-refractivity contribution < 1.29 is 15.0 Å². The molecule has 0 aliphatic heterocycles. The zero-order chi connectivity index (χ0) is 13.8. The Labute approximate surface area is 108 Å². The van der Waals surface area contributed by atoms with Crippen LogP contribution < -0.4 is 5.43 Å². The van der Waals surface area contributed by atoms with Crippen molar-refractivity contribution in [2.24, 2.45) is 5.10 Å². The van der Waals surface area contributed by atoms with E-state index in [1.165, 1.54) is 30.5 Å². The lowest BCUT2D eigenvalue weighted by Crippen LogP contribution is -2.19. The monoisotopic (exact) mass is 260 g/mol. The number of aromatic amines is 1. The van der Waals surface area contributed by atoms with Crippen molar-refractivity contribution in [3.8, 4) is 11.5 Å². The number of benzene rings is 1. The van der Waals surface area contributed by atoms with Crippen LogP contribution in [0.5, 0.6) is 11.5 Å². The number of carbonyl (C=O) groups is 1. The van der Waals surface area contributed by atoms with Crippen LogP contribution in [0.3, 0.4) is 0 Å². The van der Waals surface area contributed by atoms with Gasteiger partial charge in [0.25, 0.3) is 5.91 Å². The summed E-state index contributed by atoms with van der Waals surface area (Å²) < 4.78 is 0. The highest BCUT2D eigenvalue weighted by molar-refractivity contribution is 6.02. The van der Waals surface area contributed by atoms with Gasteiger partial charge in [0, 0.05) is 11.8 Å². The minimum atomic E-state index is -0.448. The van der Waals surface area contributed by atoms with E-state index in [4.69, 9.17) is 0 Å². The van der Waals surface area contributed by atoms with Gasteiger partial charge in [0.2, 0.25) is 0 Å². The van der Waals surface area contributed by atoms with Gasteiger partial charge in [-0.3, -0.25) is 9.89 Å². The second-order valence-electron chi connectivity index (χ2n) is 3.81. The number of hydrogen-bond donors (Lipinski definition) is 4. The number of carbonyl (C=O) groups excluding carboxylic acids is 1. The Morgan fingerprint density at radius 3 is 2.84 bits per heavy atom. The van der Waals surface area contributed by atoms with Crippen molar-refractivity contribution in [1.82, 2.24) is 15.6 Å². The van der Waals surface area contributed by atoms with Crippen molar-refractivity contribution in [2.75, 3.05) is 0 Å². The zero-order valence-electron chi connectivity index (χ0n) is 10.1. The number of hydrazone groups is 1. The maximum absolute atomic E-state index is 11.6. The van der Waals surface area contributed by atoms with Gasteiger partial charge in [0.15, 0.2) is 0 Å². The summed E-state index contributed by atoms with van der Waals surface area (Å²) in [6.07, 6.45) is 1.45. The smallest absolute Gasteiger partial charge is 0.289 e. The minimum absolute atomic E-state index is 0.00208. The normalized spacial score (nSPS) is 11.3. The van der Waals surface area contributed by atoms with Gasteiger partial charge < -0.3 is 10.2 Å². The number of rotatable bonds is 3. The van der Waals surface area contributed by atoms with Crippen LogP contribution >= 0.6 is 0 Å². The summed E-state index contributed by atoms with van der Waals surface area (Å²) >= 11 is 0. The van der Waals surface area contributed by atoms with E-state index >= 15 is 0 Å². The molecule has 0 aliphatic carbocycles. The van der Waals surface area contributed by atoms with E-state index in [-0.39, 0.29) is 17.2 Å². The largest absolute Gasteiger partial charge is 0.508 e. The second-order valence-corrected chi connectivity index (χ2v) is 3.81. The van der Waals surface area contributed by atoms with Crippen molar-refractivity contribution in [3.63, 3.8) is 0 Å². The van der Waals surface area contributed by atoms with E-state index in [0.717, 1.165) is 0 Å². The first-order valence-corrected chi connectivity index (χ1v) is 5.44. The molecule has 98 valence electrons. The lowest BCUT2D eigenvalue weighted by Gasteiger charge is -2.05. The number of phenolic OH excluding ortho intramolecular Hbond substituents is 2. The molecular weight excluding hydrogens is 248 g/mol. The molecule has 0 unspecified atom stereocenters. The molecule has 0 atom stereocenters. The molecule has 1 aromatic carbocycles. The third-order valence-electron chi connectivity index (χ3n) is 2.44. The summed E-state index contributed by atoms with van der Waals surface area (Å²) in [5, 5.41) is 29.0. The van der Waals surface area contributed by atoms with Crippen LogP contribution in [0.2, 0.25) is 0 Å². The standard InChI is InChI=1S/C12H12N4O3/c1-7(9-6-8(17)2-3-11(9)18)14-16-12(19)10-4-5-13-15-10/h2-6,17-18H,1H3,(H,13,15)(H,16,19)/b14-7-. The third-order valence-corrected chi connectivity index (χ3v) is 2.44. The molecule has 1 heterocycles. The molecule has 0 spiro atoms.